The number of hydrogen-bond donors (Lipinski definition) is 6. The summed E-state index contributed by atoms with van der Waals surface area (Å²) in [6.07, 6.45) is 0. The van der Waals surface area contributed by atoms with Gasteiger partial charge in [-0.1, -0.05) is 0 Å². The molecule has 0 aliphatic carbocycles. The Labute approximate surface area is 123 Å². The van der Waals surface area contributed by atoms with Gasteiger partial charge in [0.2, 0.25) is 11.5 Å². The van der Waals surface area contributed by atoms with Gasteiger partial charge < -0.3 is 35.4 Å². The average molecular weight is 308 g/mol. The van der Waals surface area contributed by atoms with E-state index in [2.05, 4.69) is 4.74 Å². The Hall–Kier alpha value is -3.29. The van der Waals surface area contributed by atoms with Crippen LogP contribution in [0.25, 0.3) is 11.1 Å². The number of carbonyl (C=O) groups is 1. The van der Waals surface area contributed by atoms with E-state index in [1.54, 1.807) is 0 Å². The van der Waals surface area contributed by atoms with Crippen molar-refractivity contribution < 1.29 is 40.2 Å². The molecule has 0 aliphatic rings. The highest BCUT2D eigenvalue weighted by atomic mass is 16.5. The Bertz CT molecular complexity index is 766. The molecule has 0 saturated carbocycles. The van der Waals surface area contributed by atoms with Gasteiger partial charge in [0.25, 0.3) is 0 Å². The number of phenolic OH excluding ortho intramolecular Hbond substituents is 6. The van der Waals surface area contributed by atoms with Gasteiger partial charge in [0.1, 0.15) is 0 Å². The molecule has 116 valence electrons. The van der Waals surface area contributed by atoms with E-state index in [1.165, 1.54) is 0 Å². The van der Waals surface area contributed by atoms with E-state index in [-0.39, 0.29) is 16.7 Å². The Balaban J connectivity index is 2.88. The van der Waals surface area contributed by atoms with Crippen LogP contribution in [0.3, 0.4) is 0 Å². The predicted octanol–water partition coefficient (Wildman–Crippen LogP) is 1.37. The largest absolute Gasteiger partial charge is 0.504 e. The maximum Gasteiger partial charge on any atom is 0.338 e. The topological polar surface area (TPSA) is 148 Å². The molecule has 0 atom stereocenters. The third-order valence-electron chi connectivity index (χ3n) is 3.06. The molecule has 0 saturated heterocycles. The number of hydrogen-bond acceptors (Lipinski definition) is 8. The third-order valence-corrected chi connectivity index (χ3v) is 3.06. The first-order valence-corrected chi connectivity index (χ1v) is 5.90. The van der Waals surface area contributed by atoms with E-state index < -0.39 is 40.5 Å². The molecule has 0 radical (unpaired) electrons. The molecule has 6 N–H and O–H groups in total. The van der Waals surface area contributed by atoms with Gasteiger partial charge in [-0.25, -0.2) is 4.79 Å². The first-order chi connectivity index (χ1) is 10.3. The van der Waals surface area contributed by atoms with Gasteiger partial charge in [0, 0.05) is 11.1 Å². The second-order valence-corrected chi connectivity index (χ2v) is 4.34. The summed E-state index contributed by atoms with van der Waals surface area (Å²) in [5.74, 6) is -5.89. The summed E-state index contributed by atoms with van der Waals surface area (Å²) in [6.45, 7) is 0. The zero-order chi connectivity index (χ0) is 16.6. The fourth-order valence-corrected chi connectivity index (χ4v) is 1.96. The normalized spacial score (nSPS) is 10.4. The summed E-state index contributed by atoms with van der Waals surface area (Å²) in [6, 6.07) is 2.94. The van der Waals surface area contributed by atoms with Crippen LogP contribution in [0.15, 0.2) is 18.2 Å². The van der Waals surface area contributed by atoms with Crippen LogP contribution in [0.4, 0.5) is 0 Å². The van der Waals surface area contributed by atoms with Gasteiger partial charge in [-0.15, -0.1) is 0 Å². The summed E-state index contributed by atoms with van der Waals surface area (Å²) in [5.41, 5.74) is -1.01. The van der Waals surface area contributed by atoms with Crippen molar-refractivity contribution in [2.24, 2.45) is 0 Å². The number of esters is 1. The van der Waals surface area contributed by atoms with Crippen molar-refractivity contribution in [2.75, 3.05) is 7.11 Å². The van der Waals surface area contributed by atoms with Crippen LogP contribution in [0, 0.1) is 0 Å². The second kappa shape index (κ2) is 5.24. The fraction of sp³-hybridized carbons (Fsp3) is 0.0714. The first-order valence-electron chi connectivity index (χ1n) is 5.90. The molecule has 22 heavy (non-hydrogen) atoms. The van der Waals surface area contributed by atoms with E-state index in [0.717, 1.165) is 25.3 Å². The second-order valence-electron chi connectivity index (χ2n) is 4.34. The highest BCUT2D eigenvalue weighted by molar-refractivity contribution is 6.02. The number of methoxy groups -OCH3 is 1. The molecule has 8 nitrogen and oxygen atoms in total. The quantitative estimate of drug-likeness (QED) is 0.360. The van der Waals surface area contributed by atoms with Gasteiger partial charge in [0.15, 0.2) is 23.0 Å². The van der Waals surface area contributed by atoms with Crippen LogP contribution in [0.1, 0.15) is 10.4 Å². The van der Waals surface area contributed by atoms with Gasteiger partial charge >= 0.3 is 5.97 Å². The lowest BCUT2D eigenvalue weighted by molar-refractivity contribution is 0.0600. The molecule has 2 rings (SSSR count). The molecule has 0 bridgehead atoms. The van der Waals surface area contributed by atoms with Crippen molar-refractivity contribution in [1.29, 1.82) is 0 Å². The monoisotopic (exact) mass is 308 g/mol. The maximum atomic E-state index is 11.8. The van der Waals surface area contributed by atoms with Crippen LogP contribution < -0.4 is 0 Å². The number of carbonyl (C=O) groups excluding carboxylic acids is 1. The smallest absolute Gasteiger partial charge is 0.338 e. The number of phenols is 6. The molecule has 0 fully saturated rings. The summed E-state index contributed by atoms with van der Waals surface area (Å²) in [7, 11) is 1.06. The van der Waals surface area contributed by atoms with E-state index >= 15 is 0 Å². The van der Waals surface area contributed by atoms with E-state index in [4.69, 9.17) is 0 Å². The standard InChI is InChI=1S/C14H12O8/c1-22-14(21)6-4-8(16)12(19)13(20)9(6)5-2-3-7(15)11(18)10(5)17/h2-4,15-20H,1H3. The number of benzene rings is 2. The summed E-state index contributed by atoms with van der Waals surface area (Å²) < 4.78 is 4.51. The van der Waals surface area contributed by atoms with Crippen molar-refractivity contribution >= 4 is 5.97 Å². The minimum Gasteiger partial charge on any atom is -0.504 e. The zero-order valence-electron chi connectivity index (χ0n) is 11.2. The van der Waals surface area contributed by atoms with Crippen molar-refractivity contribution in [1.82, 2.24) is 0 Å². The van der Waals surface area contributed by atoms with Crippen molar-refractivity contribution in [3.05, 3.63) is 23.8 Å². The number of aromatic hydroxyl groups is 6. The van der Waals surface area contributed by atoms with Crippen LogP contribution in [-0.4, -0.2) is 43.7 Å². The van der Waals surface area contributed by atoms with Gasteiger partial charge in [-0.05, 0) is 18.2 Å². The van der Waals surface area contributed by atoms with Crippen LogP contribution in [-0.2, 0) is 4.74 Å². The molecule has 0 aromatic heterocycles. The first kappa shape index (κ1) is 15.1. The lowest BCUT2D eigenvalue weighted by Crippen LogP contribution is -2.04. The maximum absolute atomic E-state index is 11.8. The SMILES string of the molecule is COC(=O)c1cc(O)c(O)c(O)c1-c1ccc(O)c(O)c1O. The van der Waals surface area contributed by atoms with Crippen molar-refractivity contribution in [2.45, 2.75) is 0 Å². The van der Waals surface area contributed by atoms with Crippen LogP contribution in [0.2, 0.25) is 0 Å². The molecular formula is C14H12O8. The lowest BCUT2D eigenvalue weighted by atomic mass is 9.96. The zero-order valence-corrected chi connectivity index (χ0v) is 11.2. The third kappa shape index (κ3) is 2.16. The minimum absolute atomic E-state index is 0.261. The molecule has 0 amide bonds. The molecule has 8 heteroatoms. The number of ether oxygens (including phenoxy) is 1. The molecule has 0 spiro atoms. The summed E-state index contributed by atoms with van der Waals surface area (Å²) in [4.78, 5) is 11.8. The van der Waals surface area contributed by atoms with Gasteiger partial charge in [-0.2, -0.15) is 0 Å². The Morgan fingerprint density at radius 1 is 0.864 bits per heavy atom. The number of rotatable bonds is 2. The highest BCUT2D eigenvalue weighted by Crippen LogP contribution is 2.50. The minimum atomic E-state index is -0.965. The van der Waals surface area contributed by atoms with Crippen LogP contribution in [0.5, 0.6) is 34.5 Å². The van der Waals surface area contributed by atoms with E-state index in [1.807, 2.05) is 0 Å². The van der Waals surface area contributed by atoms with E-state index in [9.17, 15) is 35.4 Å². The lowest BCUT2D eigenvalue weighted by Gasteiger charge is -2.14. The Morgan fingerprint density at radius 3 is 2.05 bits per heavy atom. The Morgan fingerprint density at radius 2 is 1.45 bits per heavy atom. The fourth-order valence-electron chi connectivity index (χ4n) is 1.96. The molecule has 0 heterocycles. The predicted molar refractivity (Wildman–Crippen MR) is 73.2 cm³/mol. The molecule has 2 aromatic carbocycles. The Kier molecular flexibility index (Phi) is 3.60. The van der Waals surface area contributed by atoms with Crippen LogP contribution >= 0.6 is 0 Å². The van der Waals surface area contributed by atoms with Crippen molar-refractivity contribution in [3.8, 4) is 45.6 Å². The molecule has 0 aliphatic heterocycles. The molecule has 2 aromatic rings. The highest BCUT2D eigenvalue weighted by Gasteiger charge is 2.26. The summed E-state index contributed by atoms with van der Waals surface area (Å²) in [5, 5.41) is 57.8. The average Bonchev–Trinajstić information content (AvgIpc) is 2.50. The van der Waals surface area contributed by atoms with E-state index in [0.29, 0.717) is 0 Å². The van der Waals surface area contributed by atoms with Gasteiger partial charge in [0.05, 0.1) is 12.7 Å². The molecular weight excluding hydrogens is 296 g/mol. The van der Waals surface area contributed by atoms with Crippen molar-refractivity contribution in [3.63, 3.8) is 0 Å². The van der Waals surface area contributed by atoms with Gasteiger partial charge in [-0.3, -0.25) is 0 Å². The molecule has 0 unspecified atom stereocenters. The summed E-state index contributed by atoms with van der Waals surface area (Å²) >= 11 is 0.